The zero-order valence-corrected chi connectivity index (χ0v) is 13.2. The van der Waals surface area contributed by atoms with Crippen LogP contribution < -0.4 is 9.62 Å². The average molecular weight is 319 g/mol. The van der Waals surface area contributed by atoms with Crippen LogP contribution in [0.25, 0.3) is 0 Å². The summed E-state index contributed by atoms with van der Waals surface area (Å²) in [6.45, 7) is 0.423. The fourth-order valence-corrected chi connectivity index (χ4v) is 4.29. The van der Waals surface area contributed by atoms with Crippen molar-refractivity contribution in [3.05, 3.63) is 47.8 Å². The van der Waals surface area contributed by atoms with Gasteiger partial charge in [-0.3, -0.25) is 9.10 Å². The maximum Gasteiger partial charge on any atom is 0.267 e. The molecular weight excluding hydrogens is 302 g/mol. The Balaban J connectivity index is 2.03. The normalized spacial score (nSPS) is 14.0. The summed E-state index contributed by atoms with van der Waals surface area (Å²) in [5.74, 6) is -0.314. The van der Waals surface area contributed by atoms with Crippen LogP contribution in [0.3, 0.4) is 0 Å². The molecule has 7 heteroatoms. The fraction of sp³-hybridized carbons (Fsp3) is 0.267. The molecule has 3 rings (SSSR count). The number of carbonyl (C=O) groups excluding carboxylic acids is 1. The van der Waals surface area contributed by atoms with E-state index in [0.717, 1.165) is 5.56 Å². The highest BCUT2D eigenvalue weighted by Gasteiger charge is 2.32. The number of sulfonamides is 1. The van der Waals surface area contributed by atoms with Gasteiger partial charge >= 0.3 is 0 Å². The number of anilines is 1. The molecule has 1 aliphatic rings. The Morgan fingerprint density at radius 2 is 2.00 bits per heavy atom. The molecule has 1 N–H and O–H groups in total. The lowest BCUT2D eigenvalue weighted by atomic mass is 10.2. The van der Waals surface area contributed by atoms with Crippen LogP contribution in [0.15, 0.2) is 41.4 Å². The van der Waals surface area contributed by atoms with Crippen molar-refractivity contribution in [1.82, 2.24) is 9.88 Å². The molecule has 0 bridgehead atoms. The third-order valence-corrected chi connectivity index (χ3v) is 5.65. The number of hydrogen-bond acceptors (Lipinski definition) is 3. The highest BCUT2D eigenvalue weighted by atomic mass is 32.2. The highest BCUT2D eigenvalue weighted by Crippen LogP contribution is 2.32. The first kappa shape index (κ1) is 14.6. The molecule has 1 aromatic carbocycles. The van der Waals surface area contributed by atoms with Gasteiger partial charge in [-0.15, -0.1) is 0 Å². The maximum absolute atomic E-state index is 12.9. The summed E-state index contributed by atoms with van der Waals surface area (Å²) in [4.78, 5) is 11.9. The van der Waals surface area contributed by atoms with Gasteiger partial charge in [-0.1, -0.05) is 18.2 Å². The number of amides is 1. The minimum absolute atomic E-state index is 0.130. The molecule has 1 amide bonds. The predicted octanol–water partition coefficient (Wildman–Crippen LogP) is 1.14. The van der Waals surface area contributed by atoms with Gasteiger partial charge in [-0.05, 0) is 24.1 Å². The Hall–Kier alpha value is -2.28. The summed E-state index contributed by atoms with van der Waals surface area (Å²) in [5, 5.41) is 2.50. The van der Waals surface area contributed by atoms with Crippen molar-refractivity contribution in [2.45, 2.75) is 11.3 Å². The second-order valence-electron chi connectivity index (χ2n) is 5.21. The third kappa shape index (κ3) is 2.18. The summed E-state index contributed by atoms with van der Waals surface area (Å²) in [6.07, 6.45) is 2.17. The smallest absolute Gasteiger partial charge is 0.267 e. The van der Waals surface area contributed by atoms with Crippen molar-refractivity contribution in [3.8, 4) is 0 Å². The van der Waals surface area contributed by atoms with Gasteiger partial charge in [0.2, 0.25) is 0 Å². The number of hydrogen-bond donors (Lipinski definition) is 1. The molecule has 0 aliphatic carbocycles. The molecule has 0 saturated carbocycles. The van der Waals surface area contributed by atoms with Gasteiger partial charge in [0.05, 0.1) is 5.69 Å². The van der Waals surface area contributed by atoms with E-state index in [1.54, 1.807) is 7.05 Å². The van der Waals surface area contributed by atoms with Crippen molar-refractivity contribution in [3.63, 3.8) is 0 Å². The number of nitrogens with one attached hydrogen (secondary N) is 1. The largest absolute Gasteiger partial charge is 0.354 e. The van der Waals surface area contributed by atoms with Crippen LogP contribution in [0.5, 0.6) is 0 Å². The van der Waals surface area contributed by atoms with E-state index in [9.17, 15) is 13.2 Å². The number of benzene rings is 1. The Labute approximate surface area is 129 Å². The maximum atomic E-state index is 12.9. The van der Waals surface area contributed by atoms with E-state index >= 15 is 0 Å². The molecule has 0 atom stereocenters. The summed E-state index contributed by atoms with van der Waals surface area (Å²) < 4.78 is 28.6. The molecule has 6 nitrogen and oxygen atoms in total. The second-order valence-corrected chi connectivity index (χ2v) is 7.07. The molecular formula is C15H17N3O3S. The molecule has 116 valence electrons. The lowest BCUT2D eigenvalue weighted by molar-refractivity contribution is 0.0955. The molecule has 1 aliphatic heterocycles. The SMILES string of the molecule is CNC(=O)c1cc(S(=O)(=O)N2CCc3ccccc32)cn1C. The molecule has 0 radical (unpaired) electrons. The predicted molar refractivity (Wildman–Crippen MR) is 83.5 cm³/mol. The topological polar surface area (TPSA) is 71.4 Å². The van der Waals surface area contributed by atoms with E-state index in [2.05, 4.69) is 5.32 Å². The second kappa shape index (κ2) is 5.17. The number of aryl methyl sites for hydroxylation is 1. The van der Waals surface area contributed by atoms with Crippen molar-refractivity contribution in [2.24, 2.45) is 7.05 Å². The molecule has 0 fully saturated rings. The molecule has 22 heavy (non-hydrogen) atoms. The first-order valence-electron chi connectivity index (χ1n) is 6.94. The van der Waals surface area contributed by atoms with Gasteiger partial charge in [0.25, 0.3) is 15.9 Å². The summed E-state index contributed by atoms with van der Waals surface area (Å²) >= 11 is 0. The summed E-state index contributed by atoms with van der Waals surface area (Å²) in [6, 6.07) is 8.89. The van der Waals surface area contributed by atoms with Gasteiger partial charge in [0.1, 0.15) is 10.6 Å². The van der Waals surface area contributed by atoms with E-state index in [1.807, 2.05) is 24.3 Å². The third-order valence-electron chi connectivity index (χ3n) is 3.87. The molecule has 0 spiro atoms. The standard InChI is InChI=1S/C15H17N3O3S/c1-16-15(19)14-9-12(10-17(14)2)22(20,21)18-8-7-11-5-3-4-6-13(11)18/h3-6,9-10H,7-8H2,1-2H3,(H,16,19). The van der Waals surface area contributed by atoms with Crippen LogP contribution in [0.2, 0.25) is 0 Å². The lowest BCUT2D eigenvalue weighted by Crippen LogP contribution is -2.28. The number of aromatic nitrogens is 1. The van der Waals surface area contributed by atoms with Crippen molar-refractivity contribution in [2.75, 3.05) is 17.9 Å². The zero-order valence-electron chi connectivity index (χ0n) is 12.4. The average Bonchev–Trinajstić information content (AvgIpc) is 3.10. The van der Waals surface area contributed by atoms with Crippen LogP contribution in [0.4, 0.5) is 5.69 Å². The Bertz CT molecular complexity index is 839. The molecule has 1 aromatic heterocycles. The number of carbonyl (C=O) groups is 1. The molecule has 0 saturated heterocycles. The van der Waals surface area contributed by atoms with E-state index in [-0.39, 0.29) is 10.8 Å². The van der Waals surface area contributed by atoms with Crippen LogP contribution >= 0.6 is 0 Å². The van der Waals surface area contributed by atoms with Gasteiger partial charge in [-0.25, -0.2) is 8.42 Å². The first-order chi connectivity index (χ1) is 10.4. The van der Waals surface area contributed by atoms with Crippen molar-refractivity contribution < 1.29 is 13.2 Å². The number of nitrogens with zero attached hydrogens (tertiary/aromatic N) is 2. The molecule has 0 unspecified atom stereocenters. The number of para-hydroxylation sites is 1. The van der Waals surface area contributed by atoms with Crippen LogP contribution in [-0.2, 0) is 23.5 Å². The van der Waals surface area contributed by atoms with E-state index in [4.69, 9.17) is 0 Å². The van der Waals surface area contributed by atoms with Crippen LogP contribution in [-0.4, -0.2) is 32.5 Å². The van der Waals surface area contributed by atoms with E-state index in [0.29, 0.717) is 24.3 Å². The zero-order chi connectivity index (χ0) is 15.9. The Kier molecular flexibility index (Phi) is 3.44. The van der Waals surface area contributed by atoms with E-state index in [1.165, 1.54) is 28.2 Å². The summed E-state index contributed by atoms with van der Waals surface area (Å²) in [7, 11) is -0.495. The summed E-state index contributed by atoms with van der Waals surface area (Å²) in [5.41, 5.74) is 2.05. The molecule has 2 aromatic rings. The quantitative estimate of drug-likeness (QED) is 0.922. The van der Waals surface area contributed by atoms with Crippen molar-refractivity contribution in [1.29, 1.82) is 0 Å². The Morgan fingerprint density at radius 1 is 1.27 bits per heavy atom. The van der Waals surface area contributed by atoms with Gasteiger partial charge in [0, 0.05) is 26.8 Å². The van der Waals surface area contributed by atoms with Crippen LogP contribution in [0, 0.1) is 0 Å². The number of fused-ring (bicyclic) bond motifs is 1. The highest BCUT2D eigenvalue weighted by molar-refractivity contribution is 7.92. The molecule has 2 heterocycles. The minimum atomic E-state index is -3.66. The first-order valence-corrected chi connectivity index (χ1v) is 8.38. The van der Waals surface area contributed by atoms with Gasteiger partial charge < -0.3 is 9.88 Å². The lowest BCUT2D eigenvalue weighted by Gasteiger charge is -2.18. The van der Waals surface area contributed by atoms with E-state index < -0.39 is 10.0 Å². The fourth-order valence-electron chi connectivity index (χ4n) is 2.71. The van der Waals surface area contributed by atoms with Crippen LogP contribution in [0.1, 0.15) is 16.1 Å². The number of rotatable bonds is 3. The Morgan fingerprint density at radius 3 is 2.73 bits per heavy atom. The monoisotopic (exact) mass is 319 g/mol. The van der Waals surface area contributed by atoms with Crippen molar-refractivity contribution >= 4 is 21.6 Å². The minimum Gasteiger partial charge on any atom is -0.354 e. The van der Waals surface area contributed by atoms with Gasteiger partial charge in [-0.2, -0.15) is 0 Å². The van der Waals surface area contributed by atoms with Gasteiger partial charge in [0.15, 0.2) is 0 Å².